The van der Waals surface area contributed by atoms with Gasteiger partial charge in [-0.1, -0.05) is 34.1 Å². The van der Waals surface area contributed by atoms with Crippen molar-refractivity contribution in [1.82, 2.24) is 4.90 Å². The molecule has 0 bridgehead atoms. The Kier molecular flexibility index (Phi) is 8.07. The van der Waals surface area contributed by atoms with Crippen molar-refractivity contribution < 1.29 is 37.2 Å². The highest BCUT2D eigenvalue weighted by molar-refractivity contribution is 9.10. The van der Waals surface area contributed by atoms with Gasteiger partial charge in [0.2, 0.25) is 5.75 Å². The summed E-state index contributed by atoms with van der Waals surface area (Å²) in [5, 5.41) is 10.9. The highest BCUT2D eigenvalue weighted by Crippen LogP contribution is 2.40. The lowest BCUT2D eigenvalue weighted by Gasteiger charge is -2.13. The molecule has 1 heterocycles. The Labute approximate surface area is 226 Å². The van der Waals surface area contributed by atoms with Gasteiger partial charge in [0.1, 0.15) is 18.1 Å². The maximum Gasteiger partial charge on any atom is 0.416 e. The molecule has 196 valence electrons. The van der Waals surface area contributed by atoms with Crippen molar-refractivity contribution in [3.63, 3.8) is 0 Å². The lowest BCUT2D eigenvalue weighted by molar-refractivity contribution is -0.385. The van der Waals surface area contributed by atoms with Crippen LogP contribution in [0.1, 0.15) is 11.1 Å². The Morgan fingerprint density at radius 1 is 1.03 bits per heavy atom. The van der Waals surface area contributed by atoms with Crippen LogP contribution in [0.25, 0.3) is 6.08 Å². The summed E-state index contributed by atoms with van der Waals surface area (Å²) in [6, 6.07) is 15.3. The van der Waals surface area contributed by atoms with E-state index in [1.165, 1.54) is 18.2 Å². The number of carbonyl (C=O) groups excluding carboxylic acids is 2. The molecule has 8 nitrogen and oxygen atoms in total. The van der Waals surface area contributed by atoms with E-state index in [0.717, 1.165) is 11.0 Å². The van der Waals surface area contributed by atoms with E-state index in [2.05, 4.69) is 15.9 Å². The first-order valence-electron chi connectivity index (χ1n) is 10.8. The third-order valence-electron chi connectivity index (χ3n) is 5.16. The number of hydrogen-bond acceptors (Lipinski definition) is 7. The molecule has 0 spiro atoms. The summed E-state index contributed by atoms with van der Waals surface area (Å²) in [5.41, 5.74) is -1.82. The number of halogens is 4. The van der Waals surface area contributed by atoms with Crippen LogP contribution >= 0.6 is 27.7 Å². The molecule has 1 saturated heterocycles. The minimum atomic E-state index is -4.78. The first kappa shape index (κ1) is 27.2. The molecule has 3 aromatic rings. The average Bonchev–Trinajstić information content (AvgIpc) is 3.13. The fraction of sp³-hybridized carbons (Fsp3) is 0.120. The Morgan fingerprint density at radius 2 is 1.74 bits per heavy atom. The number of nitro groups is 1. The average molecular weight is 609 g/mol. The van der Waals surface area contributed by atoms with E-state index in [4.69, 9.17) is 9.47 Å². The molecule has 1 fully saturated rings. The summed E-state index contributed by atoms with van der Waals surface area (Å²) >= 11 is 3.99. The van der Waals surface area contributed by atoms with Gasteiger partial charge < -0.3 is 9.47 Å². The van der Waals surface area contributed by atoms with Crippen LogP contribution in [0.3, 0.4) is 0 Å². The standard InChI is InChI=1S/C25H16BrF3N2O6S/c26-17-7-9-20(37-21-8-6-16(25(27,28)29)14-19(21)31(34)35)15(12-17)13-22-23(32)30(24(33)38-22)10-11-36-18-4-2-1-3-5-18/h1-9,12-14H,10-11H2/b22-13-. The van der Waals surface area contributed by atoms with E-state index in [1.807, 2.05) is 6.07 Å². The van der Waals surface area contributed by atoms with Crippen molar-refractivity contribution in [3.8, 4) is 17.2 Å². The molecule has 0 aromatic heterocycles. The molecule has 0 aliphatic carbocycles. The number of nitrogens with zero attached hydrogens (tertiary/aromatic N) is 2. The van der Waals surface area contributed by atoms with Crippen molar-refractivity contribution in [2.75, 3.05) is 13.2 Å². The quantitative estimate of drug-likeness (QED) is 0.150. The highest BCUT2D eigenvalue weighted by atomic mass is 79.9. The molecule has 4 rings (SSSR count). The van der Waals surface area contributed by atoms with Gasteiger partial charge in [-0.05, 0) is 60.3 Å². The van der Waals surface area contributed by atoms with Crippen LogP contribution in [0.5, 0.6) is 17.2 Å². The van der Waals surface area contributed by atoms with Gasteiger partial charge in [-0.2, -0.15) is 13.2 Å². The zero-order valence-corrected chi connectivity index (χ0v) is 21.5. The van der Waals surface area contributed by atoms with Gasteiger partial charge in [0.25, 0.3) is 11.1 Å². The molecule has 0 unspecified atom stereocenters. The first-order chi connectivity index (χ1) is 18.0. The van der Waals surface area contributed by atoms with E-state index in [0.29, 0.717) is 34.1 Å². The third-order valence-corrected chi connectivity index (χ3v) is 6.56. The zero-order valence-electron chi connectivity index (χ0n) is 19.1. The number of benzene rings is 3. The van der Waals surface area contributed by atoms with Gasteiger partial charge in [-0.25, -0.2) is 0 Å². The summed E-state index contributed by atoms with van der Waals surface area (Å²) in [4.78, 5) is 36.9. The molecular formula is C25H16BrF3N2O6S. The Hall–Kier alpha value is -3.84. The molecule has 13 heteroatoms. The number of ether oxygens (including phenoxy) is 2. The van der Waals surface area contributed by atoms with Crippen molar-refractivity contribution in [2.45, 2.75) is 6.18 Å². The van der Waals surface area contributed by atoms with Gasteiger partial charge in [-0.15, -0.1) is 0 Å². The summed E-state index contributed by atoms with van der Waals surface area (Å²) in [5.74, 6) is -0.382. The lowest BCUT2D eigenvalue weighted by Crippen LogP contribution is -2.32. The SMILES string of the molecule is O=C1S/C(=C\c2cc(Br)ccc2Oc2ccc(C(F)(F)F)cc2[N+](=O)[O-])C(=O)N1CCOc1ccccc1. The topological polar surface area (TPSA) is 99.0 Å². The van der Waals surface area contributed by atoms with Gasteiger partial charge in [0.05, 0.1) is 21.9 Å². The van der Waals surface area contributed by atoms with E-state index in [-0.39, 0.29) is 29.4 Å². The highest BCUT2D eigenvalue weighted by Gasteiger charge is 2.36. The zero-order chi connectivity index (χ0) is 27.4. The van der Waals surface area contributed by atoms with E-state index < -0.39 is 39.2 Å². The lowest BCUT2D eigenvalue weighted by atomic mass is 10.1. The van der Waals surface area contributed by atoms with Crippen molar-refractivity contribution in [3.05, 3.63) is 97.3 Å². The van der Waals surface area contributed by atoms with Gasteiger partial charge in [-0.3, -0.25) is 24.6 Å². The molecule has 0 radical (unpaired) electrons. The molecule has 2 amide bonds. The molecule has 3 aromatic carbocycles. The fourth-order valence-electron chi connectivity index (χ4n) is 3.37. The number of carbonyl (C=O) groups is 2. The van der Waals surface area contributed by atoms with Gasteiger partial charge in [0, 0.05) is 16.1 Å². The van der Waals surface area contributed by atoms with Crippen molar-refractivity contribution in [1.29, 1.82) is 0 Å². The minimum absolute atomic E-state index is 0.0104. The van der Waals surface area contributed by atoms with Crippen LogP contribution < -0.4 is 9.47 Å². The van der Waals surface area contributed by atoms with E-state index in [1.54, 1.807) is 30.3 Å². The Morgan fingerprint density at radius 3 is 2.42 bits per heavy atom. The van der Waals surface area contributed by atoms with Crippen LogP contribution in [-0.4, -0.2) is 34.1 Å². The predicted molar refractivity (Wildman–Crippen MR) is 137 cm³/mol. The number of thioether (sulfide) groups is 1. The molecule has 1 aliphatic rings. The van der Waals surface area contributed by atoms with Gasteiger partial charge in [0.15, 0.2) is 0 Å². The summed E-state index contributed by atoms with van der Waals surface area (Å²) in [7, 11) is 0. The molecular weight excluding hydrogens is 593 g/mol. The summed E-state index contributed by atoms with van der Waals surface area (Å²) < 4.78 is 50.9. The second kappa shape index (κ2) is 11.3. The second-order valence-corrected chi connectivity index (χ2v) is 9.63. The number of rotatable bonds is 8. The van der Waals surface area contributed by atoms with Crippen LogP contribution in [-0.2, 0) is 11.0 Å². The third kappa shape index (κ3) is 6.34. The van der Waals surface area contributed by atoms with Crippen LogP contribution in [0.15, 0.2) is 76.1 Å². The Bertz CT molecular complexity index is 1430. The molecule has 0 N–H and O–H groups in total. The summed E-state index contributed by atoms with van der Waals surface area (Å²) in [6.45, 7) is 0.0919. The van der Waals surface area contributed by atoms with Crippen LogP contribution in [0.2, 0.25) is 0 Å². The maximum absolute atomic E-state index is 13.0. The number of amides is 2. The molecule has 1 aliphatic heterocycles. The predicted octanol–water partition coefficient (Wildman–Crippen LogP) is 7.28. The maximum atomic E-state index is 13.0. The first-order valence-corrected chi connectivity index (χ1v) is 12.4. The van der Waals surface area contributed by atoms with Crippen molar-refractivity contribution in [2.24, 2.45) is 0 Å². The number of hydrogen-bond donors (Lipinski definition) is 0. The van der Waals surface area contributed by atoms with E-state index in [9.17, 15) is 32.9 Å². The van der Waals surface area contributed by atoms with Gasteiger partial charge >= 0.3 is 11.9 Å². The normalized spacial score (nSPS) is 14.7. The van der Waals surface area contributed by atoms with Crippen molar-refractivity contribution >= 4 is 50.6 Å². The van der Waals surface area contributed by atoms with E-state index >= 15 is 0 Å². The van der Waals surface area contributed by atoms with Crippen LogP contribution in [0, 0.1) is 10.1 Å². The molecule has 0 saturated carbocycles. The minimum Gasteiger partial charge on any atom is -0.492 e. The number of imide groups is 1. The fourth-order valence-corrected chi connectivity index (χ4v) is 4.61. The summed E-state index contributed by atoms with van der Waals surface area (Å²) in [6.07, 6.45) is -3.40. The number of para-hydroxylation sites is 1. The number of alkyl halides is 3. The number of nitro benzene ring substituents is 1. The molecule has 0 atom stereocenters. The largest absolute Gasteiger partial charge is 0.492 e. The Balaban J connectivity index is 1.57. The van der Waals surface area contributed by atoms with Crippen LogP contribution in [0.4, 0.5) is 23.7 Å². The second-order valence-electron chi connectivity index (χ2n) is 7.72. The molecule has 38 heavy (non-hydrogen) atoms. The smallest absolute Gasteiger partial charge is 0.416 e. The monoisotopic (exact) mass is 608 g/mol.